The van der Waals surface area contributed by atoms with Crippen molar-refractivity contribution >= 4 is 29.0 Å². The summed E-state index contributed by atoms with van der Waals surface area (Å²) in [6.07, 6.45) is 0. The van der Waals surface area contributed by atoms with Gasteiger partial charge in [0.15, 0.2) is 0 Å². The second-order valence-electron chi connectivity index (χ2n) is 5.45. The number of nitrogens with one attached hydrogen (secondary N) is 2. The third kappa shape index (κ3) is 6.99. The summed E-state index contributed by atoms with van der Waals surface area (Å²) in [5.41, 5.74) is 0.493. The van der Waals surface area contributed by atoms with Crippen LogP contribution in [0.4, 0.5) is 11.4 Å². The van der Waals surface area contributed by atoms with E-state index in [1.54, 1.807) is 30.0 Å². The molecule has 0 radical (unpaired) electrons. The number of rotatable bonds is 7. The fourth-order valence-corrected chi connectivity index (χ4v) is 2.18. The van der Waals surface area contributed by atoms with E-state index in [-0.39, 0.29) is 16.3 Å². The first-order valence-corrected chi connectivity index (χ1v) is 7.66. The first-order valence-electron chi connectivity index (χ1n) is 6.67. The lowest BCUT2D eigenvalue weighted by molar-refractivity contribution is -0.384. The van der Waals surface area contributed by atoms with E-state index < -0.39 is 4.92 Å². The Morgan fingerprint density at radius 3 is 2.57 bits per heavy atom. The first kappa shape index (κ1) is 17.3. The highest BCUT2D eigenvalue weighted by Crippen LogP contribution is 2.23. The zero-order valence-corrected chi connectivity index (χ0v) is 13.3. The van der Waals surface area contributed by atoms with E-state index in [2.05, 4.69) is 31.4 Å². The Bertz CT molecular complexity index is 500. The summed E-state index contributed by atoms with van der Waals surface area (Å²) in [4.78, 5) is 22.0. The van der Waals surface area contributed by atoms with Gasteiger partial charge in [-0.1, -0.05) is 32.9 Å². The van der Waals surface area contributed by atoms with Crippen LogP contribution < -0.4 is 10.6 Å². The Balaban J connectivity index is 2.32. The van der Waals surface area contributed by atoms with Crippen molar-refractivity contribution in [2.75, 3.05) is 24.2 Å². The van der Waals surface area contributed by atoms with Crippen molar-refractivity contribution < 1.29 is 9.72 Å². The fourth-order valence-electron chi connectivity index (χ4n) is 1.51. The maximum atomic E-state index is 11.6. The molecule has 21 heavy (non-hydrogen) atoms. The predicted octanol–water partition coefficient (Wildman–Crippen LogP) is 2.65. The molecule has 0 saturated heterocycles. The van der Waals surface area contributed by atoms with Crippen molar-refractivity contribution in [3.63, 3.8) is 0 Å². The highest BCUT2D eigenvalue weighted by Gasteiger charge is 2.13. The van der Waals surface area contributed by atoms with Crippen molar-refractivity contribution in [2.24, 2.45) is 0 Å². The number of carbonyl (C=O) groups excluding carboxylic acids is 1. The minimum Gasteiger partial charge on any atom is -0.378 e. The van der Waals surface area contributed by atoms with Crippen molar-refractivity contribution in [3.05, 3.63) is 34.4 Å². The van der Waals surface area contributed by atoms with E-state index in [1.807, 2.05) is 0 Å². The van der Waals surface area contributed by atoms with Gasteiger partial charge in [-0.2, -0.15) is 0 Å². The first-order chi connectivity index (χ1) is 9.79. The second-order valence-corrected chi connectivity index (χ2v) is 7.25. The summed E-state index contributed by atoms with van der Waals surface area (Å²) < 4.78 is 0.0558. The maximum Gasteiger partial charge on any atom is 0.292 e. The lowest BCUT2D eigenvalue weighted by Crippen LogP contribution is -2.31. The van der Waals surface area contributed by atoms with E-state index in [0.717, 1.165) is 0 Å². The quantitative estimate of drug-likeness (QED) is 0.459. The number of nitro groups is 1. The second kappa shape index (κ2) is 7.87. The summed E-state index contributed by atoms with van der Waals surface area (Å²) in [6, 6.07) is 6.44. The number of hydrogen-bond donors (Lipinski definition) is 2. The fraction of sp³-hybridized carbons (Fsp3) is 0.500. The van der Waals surface area contributed by atoms with Crippen LogP contribution in [0, 0.1) is 10.1 Å². The Hall–Kier alpha value is -1.76. The van der Waals surface area contributed by atoms with Crippen LogP contribution in [0.5, 0.6) is 0 Å². The summed E-state index contributed by atoms with van der Waals surface area (Å²) >= 11 is 1.58. The Kier molecular flexibility index (Phi) is 6.48. The SMILES string of the molecule is CC(C)(C)SCC(=O)NCCNc1ccccc1[N+](=O)[O-]. The summed E-state index contributed by atoms with van der Waals surface area (Å²) in [5, 5.41) is 16.6. The maximum absolute atomic E-state index is 11.6. The Labute approximate surface area is 128 Å². The molecule has 0 saturated carbocycles. The van der Waals surface area contributed by atoms with E-state index in [4.69, 9.17) is 0 Å². The van der Waals surface area contributed by atoms with Crippen LogP contribution in [0.2, 0.25) is 0 Å². The van der Waals surface area contributed by atoms with Crippen LogP contribution in [0.1, 0.15) is 20.8 Å². The van der Waals surface area contributed by atoms with Gasteiger partial charge in [0.2, 0.25) is 5.91 Å². The molecule has 0 aromatic heterocycles. The van der Waals surface area contributed by atoms with Crippen LogP contribution in [0.3, 0.4) is 0 Å². The van der Waals surface area contributed by atoms with Gasteiger partial charge in [-0.3, -0.25) is 14.9 Å². The average Bonchev–Trinajstić information content (AvgIpc) is 2.41. The number of carbonyl (C=O) groups is 1. The molecule has 7 heteroatoms. The van der Waals surface area contributed by atoms with Gasteiger partial charge in [0.25, 0.3) is 5.69 Å². The van der Waals surface area contributed by atoms with Gasteiger partial charge in [-0.05, 0) is 6.07 Å². The molecular weight excluding hydrogens is 290 g/mol. The summed E-state index contributed by atoms with van der Waals surface area (Å²) in [5.74, 6) is 0.383. The molecule has 0 bridgehead atoms. The Morgan fingerprint density at radius 1 is 1.29 bits per heavy atom. The third-order valence-corrected chi connectivity index (χ3v) is 3.77. The van der Waals surface area contributed by atoms with Gasteiger partial charge >= 0.3 is 0 Å². The average molecular weight is 311 g/mol. The molecule has 0 aliphatic carbocycles. The topological polar surface area (TPSA) is 84.3 Å². The lowest BCUT2D eigenvalue weighted by Gasteiger charge is -2.17. The van der Waals surface area contributed by atoms with Crippen LogP contribution >= 0.6 is 11.8 Å². The number of benzene rings is 1. The molecule has 6 nitrogen and oxygen atoms in total. The van der Waals surface area contributed by atoms with E-state index in [0.29, 0.717) is 24.5 Å². The molecule has 1 rings (SSSR count). The van der Waals surface area contributed by atoms with Crippen molar-refractivity contribution in [3.8, 4) is 0 Å². The molecule has 0 aliphatic rings. The molecule has 1 amide bonds. The van der Waals surface area contributed by atoms with Gasteiger partial charge in [-0.25, -0.2) is 0 Å². The number of thioether (sulfide) groups is 1. The molecule has 1 aromatic rings. The molecule has 0 fully saturated rings. The minimum atomic E-state index is -0.430. The van der Waals surface area contributed by atoms with E-state index in [9.17, 15) is 14.9 Å². The van der Waals surface area contributed by atoms with E-state index >= 15 is 0 Å². The smallest absolute Gasteiger partial charge is 0.292 e. The van der Waals surface area contributed by atoms with Gasteiger partial charge in [0, 0.05) is 23.9 Å². The number of hydrogen-bond acceptors (Lipinski definition) is 5. The van der Waals surface area contributed by atoms with Crippen LogP contribution in [0.25, 0.3) is 0 Å². The predicted molar refractivity (Wildman–Crippen MR) is 86.8 cm³/mol. The van der Waals surface area contributed by atoms with Gasteiger partial charge < -0.3 is 10.6 Å². The third-order valence-electron chi connectivity index (χ3n) is 2.50. The number of nitro benzene ring substituents is 1. The Morgan fingerprint density at radius 2 is 1.95 bits per heavy atom. The molecular formula is C14H21N3O3S. The molecule has 116 valence electrons. The molecule has 2 N–H and O–H groups in total. The van der Waals surface area contributed by atoms with Crippen molar-refractivity contribution in [1.82, 2.24) is 5.32 Å². The zero-order chi connectivity index (χ0) is 15.9. The van der Waals surface area contributed by atoms with Gasteiger partial charge in [0.05, 0.1) is 10.7 Å². The number of anilines is 1. The molecule has 0 heterocycles. The molecule has 1 aromatic carbocycles. The highest BCUT2D eigenvalue weighted by molar-refractivity contribution is 8.01. The number of amides is 1. The van der Waals surface area contributed by atoms with Crippen LogP contribution in [-0.2, 0) is 4.79 Å². The zero-order valence-electron chi connectivity index (χ0n) is 12.5. The minimum absolute atomic E-state index is 0.0284. The summed E-state index contributed by atoms with van der Waals surface area (Å²) in [7, 11) is 0. The largest absolute Gasteiger partial charge is 0.378 e. The van der Waals surface area contributed by atoms with Gasteiger partial charge in [-0.15, -0.1) is 11.8 Å². The monoisotopic (exact) mass is 311 g/mol. The van der Waals surface area contributed by atoms with Crippen LogP contribution in [-0.4, -0.2) is 34.4 Å². The van der Waals surface area contributed by atoms with Crippen LogP contribution in [0.15, 0.2) is 24.3 Å². The molecule has 0 atom stereocenters. The lowest BCUT2D eigenvalue weighted by atomic mass is 10.2. The molecule has 0 spiro atoms. The number of nitrogens with zero attached hydrogens (tertiary/aromatic N) is 1. The molecule has 0 unspecified atom stereocenters. The number of para-hydroxylation sites is 2. The standard InChI is InChI=1S/C14H21N3O3S/c1-14(2,3)21-10-13(18)16-9-8-15-11-6-4-5-7-12(11)17(19)20/h4-7,15H,8-10H2,1-3H3,(H,16,18). The van der Waals surface area contributed by atoms with E-state index in [1.165, 1.54) is 6.07 Å². The van der Waals surface area contributed by atoms with Gasteiger partial charge in [0.1, 0.15) is 5.69 Å². The highest BCUT2D eigenvalue weighted by atomic mass is 32.2. The summed E-state index contributed by atoms with van der Waals surface area (Å²) in [6.45, 7) is 7.04. The normalized spacial score (nSPS) is 11.0. The van der Waals surface area contributed by atoms with Crippen molar-refractivity contribution in [1.29, 1.82) is 0 Å². The molecule has 0 aliphatic heterocycles. The van der Waals surface area contributed by atoms with Crippen molar-refractivity contribution in [2.45, 2.75) is 25.5 Å².